The van der Waals surface area contributed by atoms with Crippen LogP contribution in [-0.2, 0) is 0 Å². The highest BCUT2D eigenvalue weighted by Crippen LogP contribution is 2.43. The Bertz CT molecular complexity index is 3330. The summed E-state index contributed by atoms with van der Waals surface area (Å²) in [7, 11) is 0. The third-order valence-corrected chi connectivity index (χ3v) is 13.5. The maximum absolute atomic E-state index is 6.38. The summed E-state index contributed by atoms with van der Waals surface area (Å²) in [5, 5.41) is 4.91. The number of para-hydroxylation sites is 4. The molecule has 4 heteroatoms. The molecule has 0 saturated heterocycles. The molecule has 2 heterocycles. The molecule has 0 fully saturated rings. The summed E-state index contributed by atoms with van der Waals surface area (Å²) in [6.07, 6.45) is 0. The molecular formula is C60H40N2OS. The van der Waals surface area contributed by atoms with Crippen LogP contribution in [0.3, 0.4) is 0 Å². The van der Waals surface area contributed by atoms with E-state index >= 15 is 0 Å². The minimum atomic E-state index is 0.907. The van der Waals surface area contributed by atoms with Gasteiger partial charge < -0.3 is 14.2 Å². The van der Waals surface area contributed by atoms with Crippen LogP contribution >= 0.6 is 11.3 Å². The van der Waals surface area contributed by atoms with E-state index in [1.165, 1.54) is 31.3 Å². The van der Waals surface area contributed by atoms with Gasteiger partial charge in [0.2, 0.25) is 0 Å². The standard InChI is InChI=1S/C60H40N2OS/c1-3-13-45(14-4-1)61(49-37-29-43(30-38-49)51-19-11-21-55-53-17-7-9-23-57(53)63-59(51)55)47-33-25-41(26-34-47)42-27-35-48(36-28-42)62(46-15-5-2-6-16-46)50-39-31-44(32-40-50)52-20-12-22-56-54-18-8-10-24-58(54)64-60(52)56/h1-40H. The third kappa shape index (κ3) is 6.69. The van der Waals surface area contributed by atoms with Gasteiger partial charge in [0.05, 0.1) is 0 Å². The summed E-state index contributed by atoms with van der Waals surface area (Å²) < 4.78 is 9.03. The number of hydrogen-bond acceptors (Lipinski definition) is 4. The Labute approximate surface area is 376 Å². The molecule has 302 valence electrons. The molecule has 0 amide bonds. The Kier molecular flexibility index (Phi) is 9.36. The van der Waals surface area contributed by atoms with Crippen molar-refractivity contribution in [2.75, 3.05) is 9.80 Å². The van der Waals surface area contributed by atoms with Crippen molar-refractivity contribution in [3.63, 3.8) is 0 Å². The molecule has 0 aliphatic heterocycles. The second-order valence-electron chi connectivity index (χ2n) is 16.1. The van der Waals surface area contributed by atoms with Gasteiger partial charge in [-0.1, -0.05) is 158 Å². The molecule has 0 bridgehead atoms. The van der Waals surface area contributed by atoms with Gasteiger partial charge in [-0.3, -0.25) is 0 Å². The van der Waals surface area contributed by atoms with Crippen LogP contribution in [-0.4, -0.2) is 0 Å². The maximum atomic E-state index is 6.38. The normalized spacial score (nSPS) is 11.4. The van der Waals surface area contributed by atoms with Crippen molar-refractivity contribution in [1.82, 2.24) is 0 Å². The largest absolute Gasteiger partial charge is 0.455 e. The third-order valence-electron chi connectivity index (χ3n) is 12.3. The molecule has 0 unspecified atom stereocenters. The van der Waals surface area contributed by atoms with Crippen LogP contribution in [0.2, 0.25) is 0 Å². The molecule has 3 nitrogen and oxygen atoms in total. The van der Waals surface area contributed by atoms with Gasteiger partial charge in [0.1, 0.15) is 11.2 Å². The lowest BCUT2D eigenvalue weighted by atomic mass is 10.0. The van der Waals surface area contributed by atoms with Gasteiger partial charge in [-0.2, -0.15) is 0 Å². The Balaban J connectivity index is 0.835. The van der Waals surface area contributed by atoms with Crippen molar-refractivity contribution in [2.45, 2.75) is 0 Å². The molecule has 0 radical (unpaired) electrons. The SMILES string of the molecule is c1ccc(N(c2ccc(-c3ccc(N(c4ccccc4)c4ccc(-c5cccc6c5sc5ccccc56)cc4)cc3)cc2)c2ccc(-c3cccc4c3oc3ccccc34)cc2)cc1. The summed E-state index contributed by atoms with van der Waals surface area (Å²) in [5.74, 6) is 0. The highest BCUT2D eigenvalue weighted by molar-refractivity contribution is 7.26. The van der Waals surface area contributed by atoms with Gasteiger partial charge in [-0.15, -0.1) is 11.3 Å². The van der Waals surface area contributed by atoms with Crippen molar-refractivity contribution >= 4 is 87.6 Å². The molecule has 12 aromatic rings. The van der Waals surface area contributed by atoms with Gasteiger partial charge in [-0.05, 0) is 113 Å². The molecule has 0 aliphatic carbocycles. The number of rotatable bonds is 9. The number of thiophene rings is 1. The highest BCUT2D eigenvalue weighted by Gasteiger charge is 2.18. The smallest absolute Gasteiger partial charge is 0.143 e. The first-order chi connectivity index (χ1) is 31.7. The van der Waals surface area contributed by atoms with Crippen molar-refractivity contribution in [1.29, 1.82) is 0 Å². The van der Waals surface area contributed by atoms with Crippen LogP contribution in [0.1, 0.15) is 0 Å². The molecule has 0 N–H and O–H groups in total. The summed E-state index contributed by atoms with van der Waals surface area (Å²) in [4.78, 5) is 4.64. The molecule has 0 aliphatic rings. The number of benzene rings is 10. The Hall–Kier alpha value is -8.18. The van der Waals surface area contributed by atoms with E-state index < -0.39 is 0 Å². The van der Waals surface area contributed by atoms with Gasteiger partial charge in [0.25, 0.3) is 0 Å². The zero-order valence-corrected chi connectivity index (χ0v) is 35.6. The van der Waals surface area contributed by atoms with Crippen molar-refractivity contribution in [2.24, 2.45) is 0 Å². The molecule has 2 aromatic heterocycles. The van der Waals surface area contributed by atoms with Gasteiger partial charge >= 0.3 is 0 Å². The van der Waals surface area contributed by atoms with Crippen LogP contribution in [0, 0.1) is 0 Å². The average Bonchev–Trinajstić information content (AvgIpc) is 3.95. The van der Waals surface area contributed by atoms with Gasteiger partial charge in [0, 0.05) is 70.6 Å². The van der Waals surface area contributed by atoms with E-state index in [2.05, 4.69) is 240 Å². The van der Waals surface area contributed by atoms with Gasteiger partial charge in [0.15, 0.2) is 0 Å². The van der Waals surface area contributed by atoms with Crippen LogP contribution in [0.15, 0.2) is 247 Å². The number of hydrogen-bond donors (Lipinski definition) is 0. The molecule has 10 aromatic carbocycles. The van der Waals surface area contributed by atoms with E-state index in [1.807, 2.05) is 23.5 Å². The fraction of sp³-hybridized carbons (Fsp3) is 0. The summed E-state index contributed by atoms with van der Waals surface area (Å²) >= 11 is 1.87. The number of furan rings is 1. The van der Waals surface area contributed by atoms with Crippen LogP contribution in [0.25, 0.3) is 75.5 Å². The van der Waals surface area contributed by atoms with Crippen LogP contribution < -0.4 is 9.80 Å². The maximum Gasteiger partial charge on any atom is 0.143 e. The zero-order chi connectivity index (χ0) is 42.4. The lowest BCUT2D eigenvalue weighted by molar-refractivity contribution is 0.670. The first-order valence-corrected chi connectivity index (χ1v) is 22.5. The number of nitrogens with zero attached hydrogens (tertiary/aromatic N) is 2. The second-order valence-corrected chi connectivity index (χ2v) is 17.1. The van der Waals surface area contributed by atoms with Crippen LogP contribution in [0.5, 0.6) is 0 Å². The first-order valence-electron chi connectivity index (χ1n) is 21.7. The molecule has 0 saturated carbocycles. The minimum absolute atomic E-state index is 0.907. The lowest BCUT2D eigenvalue weighted by Gasteiger charge is -2.26. The molecule has 0 spiro atoms. The number of anilines is 6. The Morgan fingerprint density at radius 1 is 0.281 bits per heavy atom. The monoisotopic (exact) mass is 836 g/mol. The van der Waals surface area contributed by atoms with E-state index in [9.17, 15) is 0 Å². The van der Waals surface area contributed by atoms with Crippen molar-refractivity contribution in [3.05, 3.63) is 243 Å². The zero-order valence-electron chi connectivity index (χ0n) is 34.8. The second kappa shape index (κ2) is 15.9. The lowest BCUT2D eigenvalue weighted by Crippen LogP contribution is -2.10. The molecular weight excluding hydrogens is 797 g/mol. The quantitative estimate of drug-likeness (QED) is 0.144. The minimum Gasteiger partial charge on any atom is -0.455 e. The Morgan fingerprint density at radius 2 is 0.688 bits per heavy atom. The highest BCUT2D eigenvalue weighted by atomic mass is 32.1. The van der Waals surface area contributed by atoms with E-state index in [-0.39, 0.29) is 0 Å². The average molecular weight is 837 g/mol. The van der Waals surface area contributed by atoms with E-state index in [0.717, 1.165) is 78.3 Å². The van der Waals surface area contributed by atoms with Crippen molar-refractivity contribution in [3.8, 4) is 33.4 Å². The molecule has 0 atom stereocenters. The Morgan fingerprint density at radius 3 is 1.25 bits per heavy atom. The fourth-order valence-electron chi connectivity index (χ4n) is 9.18. The van der Waals surface area contributed by atoms with E-state index in [4.69, 9.17) is 4.42 Å². The molecule has 64 heavy (non-hydrogen) atoms. The van der Waals surface area contributed by atoms with Crippen LogP contribution in [0.4, 0.5) is 34.1 Å². The summed E-state index contributed by atoms with van der Waals surface area (Å²) in [5.41, 5.74) is 15.4. The molecule has 12 rings (SSSR count). The van der Waals surface area contributed by atoms with E-state index in [1.54, 1.807) is 0 Å². The summed E-state index contributed by atoms with van der Waals surface area (Å²) in [6.45, 7) is 0. The topological polar surface area (TPSA) is 19.6 Å². The summed E-state index contributed by atoms with van der Waals surface area (Å²) in [6, 6.07) is 86.8. The van der Waals surface area contributed by atoms with Crippen molar-refractivity contribution < 1.29 is 4.42 Å². The van der Waals surface area contributed by atoms with E-state index in [0.29, 0.717) is 0 Å². The predicted octanol–water partition coefficient (Wildman–Crippen LogP) is 17.9. The predicted molar refractivity (Wildman–Crippen MR) is 272 cm³/mol. The number of fused-ring (bicyclic) bond motifs is 6. The first kappa shape index (κ1) is 37.6. The fourth-order valence-corrected chi connectivity index (χ4v) is 10.4. The van der Waals surface area contributed by atoms with Gasteiger partial charge in [-0.25, -0.2) is 0 Å².